The van der Waals surface area contributed by atoms with E-state index in [4.69, 9.17) is 64.2 Å². The Morgan fingerprint density at radius 3 is 2.19 bits per heavy atom. The van der Waals surface area contributed by atoms with Crippen molar-refractivity contribution < 1.29 is 66.1 Å². The van der Waals surface area contributed by atoms with Gasteiger partial charge in [-0.05, 0) is 80.9 Å². The molecule has 0 aromatic heterocycles. The van der Waals surface area contributed by atoms with E-state index in [0.29, 0.717) is 42.9 Å². The highest BCUT2D eigenvalue weighted by atomic mass is 35.6. The van der Waals surface area contributed by atoms with E-state index in [1.165, 1.54) is 29.7 Å². The SMILES string of the molecule is CC(C)(OC(=O)N1C2CC(c3ccc(CCCOc4c(F)ccc(F)c4F)cc3)=C(C(=O)N(Cc3ccccc3F)C3CC3)C1CN(C(=O)OCCOCCON(O)O)C2)C(Cl)(Cl)Cl. The van der Waals surface area contributed by atoms with Crippen molar-refractivity contribution in [3.63, 3.8) is 0 Å². The molecule has 1 aliphatic carbocycles. The summed E-state index contributed by atoms with van der Waals surface area (Å²) < 4.78 is 76.8. The molecule has 1 saturated heterocycles. The van der Waals surface area contributed by atoms with Crippen LogP contribution in [-0.2, 0) is 36.8 Å². The van der Waals surface area contributed by atoms with Crippen molar-refractivity contribution in [3.8, 4) is 5.75 Å². The number of fused-ring (bicyclic) bond motifs is 2. The smallest absolute Gasteiger partial charge is 0.411 e. The maximum absolute atomic E-state index is 15.3. The molecular weight excluding hydrogens is 915 g/mol. The summed E-state index contributed by atoms with van der Waals surface area (Å²) in [6.45, 7) is 1.84. The van der Waals surface area contributed by atoms with Crippen molar-refractivity contribution >= 4 is 58.5 Å². The van der Waals surface area contributed by atoms with Crippen LogP contribution in [0.1, 0.15) is 56.2 Å². The van der Waals surface area contributed by atoms with Crippen molar-refractivity contribution in [2.45, 2.75) is 80.0 Å². The zero-order valence-corrected chi connectivity index (χ0v) is 37.1. The molecule has 2 unspecified atom stereocenters. The highest BCUT2D eigenvalue weighted by Gasteiger charge is 2.52. The third kappa shape index (κ3) is 12.1. The van der Waals surface area contributed by atoms with Gasteiger partial charge in [-0.25, -0.2) is 27.6 Å². The Morgan fingerprint density at radius 2 is 1.52 bits per heavy atom. The molecule has 2 aliphatic heterocycles. The number of aryl methyl sites for hydroxylation is 1. The van der Waals surface area contributed by atoms with Crippen molar-refractivity contribution in [2.24, 2.45) is 0 Å². The zero-order chi connectivity index (χ0) is 46.3. The van der Waals surface area contributed by atoms with Gasteiger partial charge < -0.3 is 28.7 Å². The molecule has 2 N–H and O–H groups in total. The third-order valence-corrected chi connectivity index (χ3v) is 12.3. The topological polar surface area (TPSA) is 151 Å². The number of hydrogen-bond acceptors (Lipinski definition) is 11. The number of alkyl halides is 3. The van der Waals surface area contributed by atoms with Crippen molar-refractivity contribution in [2.75, 3.05) is 46.1 Å². The van der Waals surface area contributed by atoms with E-state index in [1.54, 1.807) is 35.2 Å². The summed E-state index contributed by atoms with van der Waals surface area (Å²) in [7, 11) is 0. The molecular formula is C43H47Cl3F4N4O10. The number of carbonyl (C=O) groups is 3. The molecule has 3 aromatic carbocycles. The van der Waals surface area contributed by atoms with Gasteiger partial charge in [0, 0.05) is 36.8 Å². The number of ether oxygens (including phenoxy) is 4. The molecule has 2 bridgehead atoms. The molecule has 0 spiro atoms. The molecule has 14 nitrogen and oxygen atoms in total. The number of benzene rings is 3. The Hall–Kier alpha value is -4.40. The second kappa shape index (κ2) is 21.3. The number of carbonyl (C=O) groups excluding carboxylic acids is 3. The molecule has 6 rings (SSSR count). The fourth-order valence-electron chi connectivity index (χ4n) is 7.45. The number of piperazine rings is 1. The first-order chi connectivity index (χ1) is 30.4. The molecule has 2 atom stereocenters. The Balaban J connectivity index is 1.32. The highest BCUT2D eigenvalue weighted by molar-refractivity contribution is 6.68. The van der Waals surface area contributed by atoms with Crippen LogP contribution in [0, 0.1) is 23.3 Å². The van der Waals surface area contributed by atoms with Crippen LogP contribution in [0.2, 0.25) is 0 Å². The van der Waals surface area contributed by atoms with Crippen LogP contribution in [-0.4, -0.2) is 122 Å². The minimum atomic E-state index is -2.06. The molecule has 3 aliphatic rings. The van der Waals surface area contributed by atoms with Gasteiger partial charge in [0.25, 0.3) is 5.91 Å². The van der Waals surface area contributed by atoms with Crippen LogP contribution >= 0.6 is 34.8 Å². The van der Waals surface area contributed by atoms with Crippen LogP contribution in [0.3, 0.4) is 0 Å². The highest BCUT2D eigenvalue weighted by Crippen LogP contribution is 2.44. The first kappa shape index (κ1) is 49.0. The van der Waals surface area contributed by atoms with Gasteiger partial charge in [-0.15, -0.1) is 0 Å². The molecule has 3 aromatic rings. The van der Waals surface area contributed by atoms with E-state index in [9.17, 15) is 22.8 Å². The van der Waals surface area contributed by atoms with Gasteiger partial charge in [0.2, 0.25) is 9.61 Å². The van der Waals surface area contributed by atoms with Gasteiger partial charge in [0.05, 0.1) is 43.9 Å². The Labute approximate surface area is 381 Å². The van der Waals surface area contributed by atoms with Crippen molar-refractivity contribution in [1.29, 1.82) is 0 Å². The number of hydrogen-bond donors (Lipinski definition) is 2. The summed E-state index contributed by atoms with van der Waals surface area (Å²) in [5, 5.41) is 16.9. The summed E-state index contributed by atoms with van der Waals surface area (Å²) >= 11 is 18.7. The maximum atomic E-state index is 15.3. The Morgan fingerprint density at radius 1 is 0.828 bits per heavy atom. The van der Waals surface area contributed by atoms with Gasteiger partial charge in [-0.2, -0.15) is 4.39 Å². The molecule has 64 heavy (non-hydrogen) atoms. The summed E-state index contributed by atoms with van der Waals surface area (Å²) in [6.07, 6.45) is 0.395. The minimum absolute atomic E-state index is 0.0383. The molecule has 2 heterocycles. The predicted molar refractivity (Wildman–Crippen MR) is 223 cm³/mol. The molecule has 348 valence electrons. The average molecular weight is 962 g/mol. The van der Waals surface area contributed by atoms with Gasteiger partial charge in [0.1, 0.15) is 12.4 Å². The lowest BCUT2D eigenvalue weighted by molar-refractivity contribution is -0.493. The van der Waals surface area contributed by atoms with E-state index in [0.717, 1.165) is 11.6 Å². The summed E-state index contributed by atoms with van der Waals surface area (Å²) in [5.74, 6) is -5.46. The van der Waals surface area contributed by atoms with Gasteiger partial charge in [0.15, 0.2) is 23.0 Å². The molecule has 0 radical (unpaired) electrons. The van der Waals surface area contributed by atoms with Crippen molar-refractivity contribution in [3.05, 3.63) is 106 Å². The number of halogens is 7. The van der Waals surface area contributed by atoms with E-state index < -0.39 is 74.0 Å². The fourth-order valence-corrected chi connectivity index (χ4v) is 7.56. The van der Waals surface area contributed by atoms with Crippen LogP contribution in [0.5, 0.6) is 5.75 Å². The lowest BCUT2D eigenvalue weighted by atomic mass is 9.81. The summed E-state index contributed by atoms with van der Waals surface area (Å²) in [4.78, 5) is 52.0. The van der Waals surface area contributed by atoms with E-state index >= 15 is 9.18 Å². The largest absolute Gasteiger partial charge is 0.488 e. The Bertz CT molecular complexity index is 2180. The predicted octanol–water partition coefficient (Wildman–Crippen LogP) is 8.41. The van der Waals surface area contributed by atoms with Gasteiger partial charge in [-0.1, -0.05) is 77.3 Å². The Kier molecular flexibility index (Phi) is 16.3. The molecule has 3 amide bonds. The molecule has 2 fully saturated rings. The third-order valence-electron chi connectivity index (χ3n) is 11.0. The zero-order valence-electron chi connectivity index (χ0n) is 34.8. The van der Waals surface area contributed by atoms with E-state index in [1.807, 2.05) is 12.1 Å². The second-order valence-electron chi connectivity index (χ2n) is 15.8. The number of nitrogens with zero attached hydrogens (tertiary/aromatic N) is 4. The molecule has 1 saturated carbocycles. The summed E-state index contributed by atoms with van der Waals surface area (Å²) in [6, 6.07) is 12.6. The van der Waals surface area contributed by atoms with E-state index in [-0.39, 0.29) is 76.3 Å². The monoisotopic (exact) mass is 960 g/mol. The number of amides is 3. The summed E-state index contributed by atoms with van der Waals surface area (Å²) in [5.41, 5.74) is 0.794. The van der Waals surface area contributed by atoms with E-state index in [2.05, 4.69) is 4.84 Å². The lowest BCUT2D eigenvalue weighted by Gasteiger charge is -2.51. The van der Waals surface area contributed by atoms with Crippen LogP contribution in [0.4, 0.5) is 27.2 Å². The quantitative estimate of drug-likeness (QED) is 0.0416. The average Bonchev–Trinajstić information content (AvgIpc) is 4.08. The standard InChI is InChI=1S/C43H47Cl3F4N4O10/c1-42(2,43(44,45)46)64-41(57)53-30-22-31(27-11-9-26(10-12-27)6-5-17-61-38-34(49)16-15-33(48)37(38)50)36(39(55)52(29-13-14-29)23-28-7-3-4-8-32(28)47)35(53)25-51(24-30)40(56)62-20-18-60-19-21-63-54(58)59/h3-4,7-12,15-16,29-30,35,58-59H,5-6,13-14,17-25H2,1-2H3. The minimum Gasteiger partial charge on any atom is -0.488 e. The van der Waals surface area contributed by atoms with Crippen molar-refractivity contribution in [1.82, 2.24) is 20.1 Å². The number of rotatable bonds is 18. The first-order valence-corrected chi connectivity index (χ1v) is 21.5. The van der Waals surface area contributed by atoms with Gasteiger partial charge in [-0.3, -0.25) is 20.1 Å². The fraction of sp³-hybridized carbons (Fsp3) is 0.465. The second-order valence-corrected chi connectivity index (χ2v) is 18.1. The van der Waals surface area contributed by atoms with Crippen LogP contribution < -0.4 is 4.74 Å². The first-order valence-electron chi connectivity index (χ1n) is 20.4. The molecule has 21 heteroatoms. The van der Waals surface area contributed by atoms with Crippen LogP contribution in [0.15, 0.2) is 66.2 Å². The lowest BCUT2D eigenvalue weighted by Crippen LogP contribution is -2.66. The maximum Gasteiger partial charge on any atom is 0.411 e. The normalized spacial score (nSPS) is 17.8. The van der Waals surface area contributed by atoms with Crippen LogP contribution in [0.25, 0.3) is 5.57 Å². The van der Waals surface area contributed by atoms with Gasteiger partial charge >= 0.3 is 12.2 Å².